The van der Waals surface area contributed by atoms with E-state index in [1.165, 1.54) is 141 Å². The molecule has 0 fully saturated rings. The predicted octanol–water partition coefficient (Wildman–Crippen LogP) is 17.6. The molecule has 0 aromatic carbocycles. The van der Waals surface area contributed by atoms with E-state index in [-0.39, 0.29) is 25.9 Å². The number of aliphatic hydroxyl groups excluding tert-OH is 1. The molecule has 0 saturated heterocycles. The van der Waals surface area contributed by atoms with Crippen LogP contribution >= 0.6 is 7.82 Å². The average molecular weight is 1040 g/mol. The van der Waals surface area contributed by atoms with E-state index in [1.54, 1.807) is 0 Å². The van der Waals surface area contributed by atoms with E-state index in [4.69, 9.17) is 23.3 Å². The number of carbonyl (C=O) groups is 3. The SMILES string of the molecule is CCCC/C=C\CCCCCCCC(=O)OC(CO)COP(=O)(O)OCC(COC(=O)CCCCCCCCC/C=C\C/C=C\CCCCC)OC(=O)CCCCCCCCCCCCCCCCCCC. The fraction of sp³-hybridized carbons (Fsp3) is 0.850. The number of phosphoric acid groups is 1. The number of aliphatic hydroxyl groups is 1. The Balaban J connectivity index is 4.70. The summed E-state index contributed by atoms with van der Waals surface area (Å²) in [7, 11) is -4.74. The first kappa shape index (κ1) is 69.7. The summed E-state index contributed by atoms with van der Waals surface area (Å²) in [5.41, 5.74) is 0. The van der Waals surface area contributed by atoms with Gasteiger partial charge in [-0.3, -0.25) is 23.4 Å². The van der Waals surface area contributed by atoms with Crippen LogP contribution in [-0.2, 0) is 42.2 Å². The molecule has 11 nitrogen and oxygen atoms in total. The van der Waals surface area contributed by atoms with E-state index < -0.39 is 57.8 Å². The second-order valence-corrected chi connectivity index (χ2v) is 21.6. The highest BCUT2D eigenvalue weighted by Crippen LogP contribution is 2.43. The second-order valence-electron chi connectivity index (χ2n) is 20.2. The van der Waals surface area contributed by atoms with Crippen LogP contribution in [0, 0.1) is 0 Å². The number of allylic oxidation sites excluding steroid dienone is 6. The van der Waals surface area contributed by atoms with Crippen molar-refractivity contribution in [3.8, 4) is 0 Å². The minimum absolute atomic E-state index is 0.169. The van der Waals surface area contributed by atoms with Crippen molar-refractivity contribution in [2.45, 2.75) is 303 Å². The van der Waals surface area contributed by atoms with Gasteiger partial charge in [-0.1, -0.05) is 237 Å². The number of phosphoric ester groups is 1. The first-order valence-corrected chi connectivity index (χ1v) is 31.4. The summed E-state index contributed by atoms with van der Waals surface area (Å²) in [5, 5.41) is 9.79. The molecule has 0 bridgehead atoms. The van der Waals surface area contributed by atoms with E-state index in [2.05, 4.69) is 57.2 Å². The van der Waals surface area contributed by atoms with Crippen LogP contribution in [0.25, 0.3) is 0 Å². The maximum atomic E-state index is 12.9. The Bertz CT molecular complexity index is 1350. The maximum Gasteiger partial charge on any atom is 0.472 e. The zero-order valence-electron chi connectivity index (χ0n) is 46.7. The van der Waals surface area contributed by atoms with E-state index in [0.29, 0.717) is 19.3 Å². The molecule has 0 aliphatic rings. The zero-order chi connectivity index (χ0) is 52.7. The van der Waals surface area contributed by atoms with Crippen molar-refractivity contribution in [2.24, 2.45) is 0 Å². The fourth-order valence-corrected chi connectivity index (χ4v) is 9.21. The van der Waals surface area contributed by atoms with Crippen LogP contribution in [0.2, 0.25) is 0 Å². The molecule has 0 spiro atoms. The van der Waals surface area contributed by atoms with Gasteiger partial charge in [0.15, 0.2) is 6.10 Å². The van der Waals surface area contributed by atoms with Crippen LogP contribution in [0.5, 0.6) is 0 Å². The monoisotopic (exact) mass is 1040 g/mol. The Morgan fingerprint density at radius 1 is 0.389 bits per heavy atom. The highest BCUT2D eigenvalue weighted by atomic mass is 31.2. The highest BCUT2D eigenvalue weighted by Gasteiger charge is 2.28. The van der Waals surface area contributed by atoms with Crippen molar-refractivity contribution in [2.75, 3.05) is 26.4 Å². The van der Waals surface area contributed by atoms with Gasteiger partial charge in [0, 0.05) is 19.3 Å². The van der Waals surface area contributed by atoms with Crippen LogP contribution in [0.15, 0.2) is 36.5 Å². The van der Waals surface area contributed by atoms with Crippen molar-refractivity contribution in [3.63, 3.8) is 0 Å². The Morgan fingerprint density at radius 3 is 1.11 bits per heavy atom. The van der Waals surface area contributed by atoms with Gasteiger partial charge in [-0.15, -0.1) is 0 Å². The van der Waals surface area contributed by atoms with Crippen LogP contribution < -0.4 is 0 Å². The number of hydrogen-bond donors (Lipinski definition) is 2. The standard InChI is InChI=1S/C60H111O11P/c1-4-7-10-13-16-19-22-24-26-28-30-32-35-37-40-43-46-49-58(62)67-53-57(71-60(64)51-48-45-42-39-36-33-31-29-27-25-23-20-17-14-11-8-5-2)55-69-72(65,66)68-54-56(52-61)70-59(63)50-47-44-41-38-34-21-18-15-12-9-6-3/h15-16,18-19,24,26,56-57,61H,4-14,17,20-23,25,27-55H2,1-3H3,(H,65,66)/b18-15-,19-16-,26-24-. The topological polar surface area (TPSA) is 155 Å². The van der Waals surface area contributed by atoms with Crippen molar-refractivity contribution in [1.82, 2.24) is 0 Å². The zero-order valence-corrected chi connectivity index (χ0v) is 47.6. The molecule has 3 atom stereocenters. The van der Waals surface area contributed by atoms with Gasteiger partial charge in [-0.2, -0.15) is 0 Å². The maximum absolute atomic E-state index is 12.9. The van der Waals surface area contributed by atoms with Crippen LogP contribution in [-0.4, -0.2) is 66.5 Å². The van der Waals surface area contributed by atoms with Crippen LogP contribution in [0.3, 0.4) is 0 Å². The summed E-state index contributed by atoms with van der Waals surface area (Å²) in [4.78, 5) is 48.5. The molecule has 0 saturated carbocycles. The Hall–Kier alpha value is -2.30. The average Bonchev–Trinajstić information content (AvgIpc) is 3.37. The van der Waals surface area contributed by atoms with Crippen LogP contribution in [0.4, 0.5) is 0 Å². The molecule has 72 heavy (non-hydrogen) atoms. The lowest BCUT2D eigenvalue weighted by Gasteiger charge is -2.21. The fourth-order valence-electron chi connectivity index (χ4n) is 8.43. The third-order valence-electron chi connectivity index (χ3n) is 13.0. The normalized spacial score (nSPS) is 13.6. The molecule has 0 aromatic heterocycles. The summed E-state index contributed by atoms with van der Waals surface area (Å²) in [6.07, 6.45) is 56.7. The van der Waals surface area contributed by atoms with Gasteiger partial charge in [-0.25, -0.2) is 4.57 Å². The lowest BCUT2D eigenvalue weighted by molar-refractivity contribution is -0.161. The van der Waals surface area contributed by atoms with Crippen molar-refractivity contribution >= 4 is 25.7 Å². The first-order chi connectivity index (χ1) is 35.2. The molecule has 3 unspecified atom stereocenters. The van der Waals surface area contributed by atoms with E-state index in [1.807, 2.05) is 0 Å². The molecule has 2 N–H and O–H groups in total. The number of ether oxygens (including phenoxy) is 3. The summed E-state index contributed by atoms with van der Waals surface area (Å²) in [6, 6.07) is 0. The lowest BCUT2D eigenvalue weighted by atomic mass is 10.0. The summed E-state index contributed by atoms with van der Waals surface area (Å²) in [6.45, 7) is 4.61. The van der Waals surface area contributed by atoms with Gasteiger partial charge in [0.25, 0.3) is 0 Å². The third-order valence-corrected chi connectivity index (χ3v) is 14.0. The third kappa shape index (κ3) is 52.6. The van der Waals surface area contributed by atoms with Gasteiger partial charge >= 0.3 is 25.7 Å². The van der Waals surface area contributed by atoms with Gasteiger partial charge in [-0.05, 0) is 70.6 Å². The van der Waals surface area contributed by atoms with Gasteiger partial charge in [0.1, 0.15) is 12.7 Å². The molecule has 0 aliphatic carbocycles. The summed E-state index contributed by atoms with van der Waals surface area (Å²) in [5.74, 6) is -1.46. The van der Waals surface area contributed by atoms with E-state index >= 15 is 0 Å². The summed E-state index contributed by atoms with van der Waals surface area (Å²) < 4.78 is 39.5. The molecular weight excluding hydrogens is 928 g/mol. The molecule has 0 rings (SSSR count). The first-order valence-electron chi connectivity index (χ1n) is 29.9. The predicted molar refractivity (Wildman–Crippen MR) is 298 cm³/mol. The molecule has 0 amide bonds. The number of rotatable bonds is 56. The highest BCUT2D eigenvalue weighted by molar-refractivity contribution is 7.47. The van der Waals surface area contributed by atoms with Crippen LogP contribution in [0.1, 0.15) is 290 Å². The minimum atomic E-state index is -4.74. The molecule has 0 aliphatic heterocycles. The molecular formula is C60H111O11P. The van der Waals surface area contributed by atoms with Crippen molar-refractivity contribution < 1.29 is 52.2 Å². The largest absolute Gasteiger partial charge is 0.472 e. The summed E-state index contributed by atoms with van der Waals surface area (Å²) >= 11 is 0. The minimum Gasteiger partial charge on any atom is -0.462 e. The Morgan fingerprint density at radius 2 is 0.694 bits per heavy atom. The second kappa shape index (κ2) is 54.9. The number of unbranched alkanes of at least 4 members (excludes halogenated alkanes) is 33. The Labute approximate surface area is 441 Å². The molecule has 12 heteroatoms. The smallest absolute Gasteiger partial charge is 0.462 e. The number of carbonyl (C=O) groups excluding carboxylic acids is 3. The molecule has 0 radical (unpaired) electrons. The van der Waals surface area contributed by atoms with Crippen molar-refractivity contribution in [3.05, 3.63) is 36.5 Å². The molecule has 422 valence electrons. The van der Waals surface area contributed by atoms with Crippen molar-refractivity contribution in [1.29, 1.82) is 0 Å². The van der Waals surface area contributed by atoms with E-state index in [9.17, 15) is 28.9 Å². The van der Waals surface area contributed by atoms with E-state index in [0.717, 1.165) is 89.9 Å². The van der Waals surface area contributed by atoms with Gasteiger partial charge in [0.2, 0.25) is 0 Å². The number of esters is 3. The Kier molecular flexibility index (Phi) is 53.2. The lowest BCUT2D eigenvalue weighted by Crippen LogP contribution is -2.30. The number of hydrogen-bond acceptors (Lipinski definition) is 10. The van der Waals surface area contributed by atoms with Gasteiger partial charge < -0.3 is 24.2 Å². The quantitative estimate of drug-likeness (QED) is 0.0197. The molecule has 0 aromatic rings. The molecule has 0 heterocycles. The van der Waals surface area contributed by atoms with Gasteiger partial charge in [0.05, 0.1) is 19.8 Å².